The van der Waals surface area contributed by atoms with Crippen molar-refractivity contribution >= 4 is 23.2 Å². The highest BCUT2D eigenvalue weighted by Gasteiger charge is 2.06. The maximum Gasteiger partial charge on any atom is 0.113 e. The lowest BCUT2D eigenvalue weighted by Gasteiger charge is -2.05. The normalized spacial score (nSPS) is 10.3. The minimum atomic E-state index is 0.574. The fourth-order valence-corrected chi connectivity index (χ4v) is 1.64. The van der Waals surface area contributed by atoms with Gasteiger partial charge in [-0.25, -0.2) is 4.68 Å². The minimum absolute atomic E-state index is 0.574. The number of hydrogen-bond donors (Lipinski definition) is 0. The first-order valence-electron chi connectivity index (χ1n) is 3.65. The van der Waals surface area contributed by atoms with Crippen molar-refractivity contribution in [3.05, 3.63) is 46.7 Å². The summed E-state index contributed by atoms with van der Waals surface area (Å²) in [4.78, 5) is 0. The Morgan fingerprint density at radius 2 is 1.92 bits per heavy atom. The van der Waals surface area contributed by atoms with Gasteiger partial charge in [0, 0.05) is 6.20 Å². The monoisotopic (exact) mass is 211 g/mol. The molecular weight excluding hydrogens is 207 g/mol. The largest absolute Gasteiger partial charge is 0.237 e. The zero-order valence-electron chi connectivity index (χ0n) is 6.54. The van der Waals surface area contributed by atoms with Gasteiger partial charge >= 0.3 is 0 Å². The van der Waals surface area contributed by atoms with Crippen LogP contribution in [0.1, 0.15) is 0 Å². The molecule has 0 fully saturated rings. The van der Waals surface area contributed by atoms with Crippen LogP contribution in [0.25, 0.3) is 5.69 Å². The van der Waals surface area contributed by atoms with E-state index in [1.807, 2.05) is 0 Å². The van der Waals surface area contributed by atoms with Crippen LogP contribution in [-0.2, 0) is 0 Å². The third-order valence-corrected chi connectivity index (χ3v) is 2.23. The zero-order chi connectivity index (χ0) is 9.26. The highest BCUT2D eigenvalue weighted by Crippen LogP contribution is 2.27. The Balaban J connectivity index is 2.64. The van der Waals surface area contributed by atoms with E-state index < -0.39 is 0 Å². The lowest BCUT2D eigenvalue weighted by molar-refractivity contribution is 0.877. The number of benzene rings is 1. The van der Waals surface area contributed by atoms with Crippen LogP contribution in [0.15, 0.2) is 30.5 Å². The predicted molar refractivity (Wildman–Crippen MR) is 52.4 cm³/mol. The molecule has 2 rings (SSSR count). The molecule has 0 unspecified atom stereocenters. The number of aromatic nitrogens is 2. The van der Waals surface area contributed by atoms with Gasteiger partial charge in [-0.05, 0) is 18.2 Å². The lowest BCUT2D eigenvalue weighted by atomic mass is 10.3. The Hall–Kier alpha value is -0.990. The Morgan fingerprint density at radius 1 is 1.23 bits per heavy atom. The molecule has 0 amide bonds. The molecule has 0 spiro atoms. The molecule has 13 heavy (non-hydrogen) atoms. The third-order valence-electron chi connectivity index (χ3n) is 1.62. The molecule has 1 heterocycles. The fourth-order valence-electron chi connectivity index (χ4n) is 1.07. The molecule has 65 valence electrons. The Labute approximate surface area is 85.7 Å². The van der Waals surface area contributed by atoms with Crippen LogP contribution in [0.5, 0.6) is 0 Å². The van der Waals surface area contributed by atoms with Crippen LogP contribution >= 0.6 is 23.2 Å². The number of nitrogens with zero attached hydrogens (tertiary/aromatic N) is 2. The van der Waals surface area contributed by atoms with Gasteiger partial charge in [0.25, 0.3) is 0 Å². The molecule has 2 aromatic rings. The van der Waals surface area contributed by atoms with E-state index in [-0.39, 0.29) is 0 Å². The summed E-state index contributed by atoms with van der Waals surface area (Å²) in [6.45, 7) is 0. The van der Waals surface area contributed by atoms with Gasteiger partial charge in [0.15, 0.2) is 0 Å². The van der Waals surface area contributed by atoms with Crippen molar-refractivity contribution < 1.29 is 0 Å². The topological polar surface area (TPSA) is 17.8 Å². The molecule has 0 N–H and O–H groups in total. The molecule has 0 saturated heterocycles. The lowest BCUT2D eigenvalue weighted by Crippen LogP contribution is -1.95. The van der Waals surface area contributed by atoms with Crippen molar-refractivity contribution in [1.29, 1.82) is 0 Å². The number of rotatable bonds is 1. The number of para-hydroxylation sites is 1. The van der Waals surface area contributed by atoms with E-state index in [0.29, 0.717) is 15.7 Å². The highest BCUT2D eigenvalue weighted by molar-refractivity contribution is 6.37. The average molecular weight is 212 g/mol. The van der Waals surface area contributed by atoms with E-state index in [4.69, 9.17) is 23.2 Å². The van der Waals surface area contributed by atoms with Crippen LogP contribution in [0.3, 0.4) is 0 Å². The molecule has 4 heteroatoms. The first-order chi connectivity index (χ1) is 6.29. The Kier molecular flexibility index (Phi) is 2.25. The van der Waals surface area contributed by atoms with E-state index in [1.54, 1.807) is 35.1 Å². The molecule has 1 aromatic carbocycles. The van der Waals surface area contributed by atoms with E-state index in [1.165, 1.54) is 0 Å². The van der Waals surface area contributed by atoms with E-state index >= 15 is 0 Å². The van der Waals surface area contributed by atoms with Crippen LogP contribution in [0.2, 0.25) is 10.0 Å². The smallest absolute Gasteiger partial charge is 0.113 e. The molecule has 0 atom stereocenters. The molecule has 0 bridgehead atoms. The second-order valence-corrected chi connectivity index (χ2v) is 3.27. The highest BCUT2D eigenvalue weighted by atomic mass is 35.5. The molecule has 0 aliphatic carbocycles. The van der Waals surface area contributed by atoms with Crippen molar-refractivity contribution in [3.8, 4) is 5.69 Å². The first kappa shape index (κ1) is 8.60. The fraction of sp³-hybridized carbons (Fsp3) is 0. The van der Waals surface area contributed by atoms with E-state index in [2.05, 4.69) is 11.3 Å². The average Bonchev–Trinajstić information content (AvgIpc) is 2.57. The predicted octanol–water partition coefficient (Wildman–Crippen LogP) is 2.98. The van der Waals surface area contributed by atoms with Crippen molar-refractivity contribution in [3.63, 3.8) is 0 Å². The van der Waals surface area contributed by atoms with Gasteiger partial charge in [-0.15, -0.1) is 0 Å². The molecule has 0 aliphatic rings. The molecule has 1 radical (unpaired) electrons. The maximum atomic E-state index is 5.96. The summed E-state index contributed by atoms with van der Waals surface area (Å²) in [5.41, 5.74) is 0.687. The van der Waals surface area contributed by atoms with Gasteiger partial charge in [-0.1, -0.05) is 29.3 Å². The summed E-state index contributed by atoms with van der Waals surface area (Å²) < 4.78 is 1.59. The number of hydrogen-bond acceptors (Lipinski definition) is 1. The SMILES string of the molecule is Clc1cccc(Cl)c1-n1cc[c]n1. The van der Waals surface area contributed by atoms with Crippen LogP contribution < -0.4 is 0 Å². The second-order valence-electron chi connectivity index (χ2n) is 2.46. The Bertz CT molecular complexity index is 389. The maximum absolute atomic E-state index is 5.96. The zero-order valence-corrected chi connectivity index (χ0v) is 8.05. The van der Waals surface area contributed by atoms with Gasteiger partial charge in [-0.3, -0.25) is 0 Å². The summed E-state index contributed by atoms with van der Waals surface area (Å²) in [5.74, 6) is 0. The summed E-state index contributed by atoms with van der Waals surface area (Å²) in [6, 6.07) is 7.02. The molecule has 0 aliphatic heterocycles. The van der Waals surface area contributed by atoms with Crippen LogP contribution in [-0.4, -0.2) is 9.78 Å². The third kappa shape index (κ3) is 1.55. The van der Waals surface area contributed by atoms with Gasteiger partial charge < -0.3 is 0 Å². The van der Waals surface area contributed by atoms with Gasteiger partial charge in [-0.2, -0.15) is 5.10 Å². The molecule has 0 saturated carbocycles. The summed E-state index contributed by atoms with van der Waals surface area (Å²) in [6.07, 6.45) is 4.42. The Morgan fingerprint density at radius 3 is 2.46 bits per heavy atom. The first-order valence-corrected chi connectivity index (χ1v) is 4.41. The van der Waals surface area contributed by atoms with Gasteiger partial charge in [0.2, 0.25) is 0 Å². The van der Waals surface area contributed by atoms with E-state index in [9.17, 15) is 0 Å². The minimum Gasteiger partial charge on any atom is -0.237 e. The van der Waals surface area contributed by atoms with E-state index in [0.717, 1.165) is 0 Å². The summed E-state index contributed by atoms with van der Waals surface area (Å²) in [5, 5.41) is 5.08. The number of halogens is 2. The van der Waals surface area contributed by atoms with Crippen molar-refractivity contribution in [2.24, 2.45) is 0 Å². The quantitative estimate of drug-likeness (QED) is 0.710. The van der Waals surface area contributed by atoms with Gasteiger partial charge in [0.05, 0.1) is 10.0 Å². The van der Waals surface area contributed by atoms with Crippen molar-refractivity contribution in [1.82, 2.24) is 9.78 Å². The molecule has 2 nitrogen and oxygen atoms in total. The van der Waals surface area contributed by atoms with Crippen molar-refractivity contribution in [2.45, 2.75) is 0 Å². The van der Waals surface area contributed by atoms with Crippen LogP contribution in [0, 0.1) is 6.20 Å². The van der Waals surface area contributed by atoms with Crippen LogP contribution in [0.4, 0.5) is 0 Å². The second kappa shape index (κ2) is 3.40. The standard InChI is InChI=1S/C9H5Cl2N2/c10-7-3-1-4-8(11)9(7)13-6-2-5-12-13/h1-4,6H. The summed E-state index contributed by atoms with van der Waals surface area (Å²) in [7, 11) is 0. The molecule has 1 aromatic heterocycles. The molecular formula is C9H5Cl2N2. The van der Waals surface area contributed by atoms with Crippen molar-refractivity contribution in [2.75, 3.05) is 0 Å². The van der Waals surface area contributed by atoms with Gasteiger partial charge in [0.1, 0.15) is 11.9 Å². The summed E-state index contributed by atoms with van der Waals surface area (Å²) >= 11 is 11.9.